The van der Waals surface area contributed by atoms with Crippen molar-refractivity contribution >= 4 is 23.2 Å². The van der Waals surface area contributed by atoms with Gasteiger partial charge in [0.1, 0.15) is 0 Å². The average molecular weight is 350 g/mol. The summed E-state index contributed by atoms with van der Waals surface area (Å²) in [6, 6.07) is 3.55. The predicted molar refractivity (Wildman–Crippen MR) is 83.6 cm³/mol. The van der Waals surface area contributed by atoms with Crippen LogP contribution in [-0.4, -0.2) is 55.5 Å². The van der Waals surface area contributed by atoms with Gasteiger partial charge < -0.3 is 15.1 Å². The van der Waals surface area contributed by atoms with Gasteiger partial charge in [0.05, 0.1) is 5.56 Å². The normalized spacial score (nSPS) is 16.5. The molecular formula is C15H19ClF3N3O. The number of nitrogens with zero attached hydrogens (tertiary/aromatic N) is 2. The van der Waals surface area contributed by atoms with E-state index in [0.717, 1.165) is 19.2 Å². The highest BCUT2D eigenvalue weighted by molar-refractivity contribution is 6.30. The summed E-state index contributed by atoms with van der Waals surface area (Å²) in [5.41, 5.74) is -0.884. The van der Waals surface area contributed by atoms with Crippen LogP contribution in [0.4, 0.5) is 18.9 Å². The molecule has 2 rings (SSSR count). The van der Waals surface area contributed by atoms with Gasteiger partial charge in [0.2, 0.25) is 5.91 Å². The number of likely N-dealkylation sites (N-methyl/N-ethyl adjacent to an activating group) is 1. The molecule has 1 aromatic rings. The summed E-state index contributed by atoms with van der Waals surface area (Å²) in [5.74, 6) is -0.0480. The highest BCUT2D eigenvalue weighted by atomic mass is 35.5. The van der Waals surface area contributed by atoms with Crippen molar-refractivity contribution in [3.8, 4) is 0 Å². The number of alkyl halides is 3. The predicted octanol–water partition coefficient (Wildman–Crippen LogP) is 2.93. The van der Waals surface area contributed by atoms with Crippen LogP contribution in [-0.2, 0) is 11.0 Å². The van der Waals surface area contributed by atoms with E-state index in [1.165, 1.54) is 12.1 Å². The van der Waals surface area contributed by atoms with Crippen molar-refractivity contribution in [3.05, 3.63) is 28.8 Å². The zero-order valence-electron chi connectivity index (χ0n) is 12.8. The lowest BCUT2D eigenvalue weighted by Gasteiger charge is -2.32. The lowest BCUT2D eigenvalue weighted by Crippen LogP contribution is -2.47. The summed E-state index contributed by atoms with van der Waals surface area (Å²) in [7, 11) is 1.99. The first-order chi connectivity index (χ1) is 10.8. The minimum Gasteiger partial charge on any atom is -0.384 e. The molecule has 1 N–H and O–H groups in total. The Morgan fingerprint density at radius 1 is 1.26 bits per heavy atom. The Morgan fingerprint density at radius 2 is 1.91 bits per heavy atom. The fraction of sp³-hybridized carbons (Fsp3) is 0.533. The largest absolute Gasteiger partial charge is 0.418 e. The number of carbonyl (C=O) groups is 1. The maximum absolute atomic E-state index is 13.0. The number of carbonyl (C=O) groups excluding carboxylic acids is 1. The molecule has 1 heterocycles. The molecule has 1 fully saturated rings. The van der Waals surface area contributed by atoms with Crippen LogP contribution in [0, 0.1) is 0 Å². The molecule has 128 valence electrons. The molecule has 0 atom stereocenters. The van der Waals surface area contributed by atoms with Crippen molar-refractivity contribution in [1.29, 1.82) is 0 Å². The molecule has 1 aromatic carbocycles. The summed E-state index contributed by atoms with van der Waals surface area (Å²) >= 11 is 5.63. The first-order valence-corrected chi connectivity index (χ1v) is 7.72. The molecule has 4 nitrogen and oxygen atoms in total. The van der Waals surface area contributed by atoms with E-state index in [9.17, 15) is 18.0 Å². The number of rotatable bonds is 4. The minimum atomic E-state index is -4.49. The van der Waals surface area contributed by atoms with E-state index in [1.54, 1.807) is 4.90 Å². The van der Waals surface area contributed by atoms with Gasteiger partial charge in [0.25, 0.3) is 0 Å². The SMILES string of the molecule is CN1CCN(C(=O)CCNc2ccc(Cl)cc2C(F)(F)F)CC1. The number of hydrogen-bond donors (Lipinski definition) is 1. The van der Waals surface area contributed by atoms with Crippen LogP contribution in [0.2, 0.25) is 5.02 Å². The van der Waals surface area contributed by atoms with Gasteiger partial charge in [-0.1, -0.05) is 11.6 Å². The van der Waals surface area contributed by atoms with E-state index >= 15 is 0 Å². The second-order valence-electron chi connectivity index (χ2n) is 5.55. The first kappa shape index (κ1) is 17.9. The van der Waals surface area contributed by atoms with Crippen molar-refractivity contribution in [3.63, 3.8) is 0 Å². The Hall–Kier alpha value is -1.47. The molecule has 1 aliphatic heterocycles. The molecule has 0 radical (unpaired) electrons. The monoisotopic (exact) mass is 349 g/mol. The van der Waals surface area contributed by atoms with Gasteiger partial charge >= 0.3 is 6.18 Å². The van der Waals surface area contributed by atoms with Crippen LogP contribution >= 0.6 is 11.6 Å². The number of hydrogen-bond acceptors (Lipinski definition) is 3. The number of nitrogens with one attached hydrogen (secondary N) is 1. The van der Waals surface area contributed by atoms with Crippen molar-refractivity contribution < 1.29 is 18.0 Å². The standard InChI is InChI=1S/C15H19ClF3N3O/c1-21-6-8-22(9-7-21)14(23)4-5-20-13-3-2-11(16)10-12(13)15(17,18)19/h2-3,10,20H,4-9H2,1H3. The molecule has 0 saturated carbocycles. The topological polar surface area (TPSA) is 35.6 Å². The van der Waals surface area contributed by atoms with Crippen molar-refractivity contribution in [1.82, 2.24) is 9.80 Å². The lowest BCUT2D eigenvalue weighted by molar-refractivity contribution is -0.137. The Morgan fingerprint density at radius 3 is 2.52 bits per heavy atom. The molecule has 23 heavy (non-hydrogen) atoms. The highest BCUT2D eigenvalue weighted by Gasteiger charge is 2.33. The Kier molecular flexibility index (Phi) is 5.75. The zero-order chi connectivity index (χ0) is 17.0. The van der Waals surface area contributed by atoms with E-state index < -0.39 is 11.7 Å². The van der Waals surface area contributed by atoms with E-state index in [2.05, 4.69) is 10.2 Å². The van der Waals surface area contributed by atoms with Gasteiger partial charge in [0, 0.05) is 49.9 Å². The van der Waals surface area contributed by atoms with Crippen molar-refractivity contribution in [2.24, 2.45) is 0 Å². The van der Waals surface area contributed by atoms with Gasteiger partial charge in [-0.3, -0.25) is 4.79 Å². The maximum atomic E-state index is 13.0. The highest BCUT2D eigenvalue weighted by Crippen LogP contribution is 2.36. The number of halogens is 4. The number of amides is 1. The minimum absolute atomic E-state index is 0.0244. The molecule has 0 aliphatic carbocycles. The van der Waals surface area contributed by atoms with Gasteiger partial charge in [0.15, 0.2) is 0 Å². The zero-order valence-corrected chi connectivity index (χ0v) is 13.5. The third-order valence-corrected chi connectivity index (χ3v) is 4.03. The molecule has 0 spiro atoms. The van der Waals surface area contributed by atoms with Gasteiger partial charge in [-0.25, -0.2) is 0 Å². The summed E-state index contributed by atoms with van der Waals surface area (Å²) in [4.78, 5) is 15.9. The van der Waals surface area contributed by atoms with Crippen LogP contribution in [0.5, 0.6) is 0 Å². The summed E-state index contributed by atoms with van der Waals surface area (Å²) in [6.45, 7) is 3.09. The second-order valence-corrected chi connectivity index (χ2v) is 5.98. The van der Waals surface area contributed by atoms with Crippen LogP contribution in [0.3, 0.4) is 0 Å². The Balaban J connectivity index is 1.90. The second kappa shape index (κ2) is 7.40. The molecule has 1 amide bonds. The molecular weight excluding hydrogens is 331 g/mol. The summed E-state index contributed by atoms with van der Waals surface area (Å²) in [6.07, 6.45) is -4.33. The van der Waals surface area contributed by atoms with Crippen LogP contribution in [0.25, 0.3) is 0 Å². The fourth-order valence-electron chi connectivity index (χ4n) is 2.42. The van der Waals surface area contributed by atoms with Crippen molar-refractivity contribution in [2.45, 2.75) is 12.6 Å². The van der Waals surface area contributed by atoms with Gasteiger partial charge in [-0.2, -0.15) is 13.2 Å². The third-order valence-electron chi connectivity index (χ3n) is 3.80. The van der Waals surface area contributed by atoms with Crippen LogP contribution in [0.1, 0.15) is 12.0 Å². The van der Waals surface area contributed by atoms with E-state index in [-0.39, 0.29) is 29.6 Å². The van der Waals surface area contributed by atoms with Gasteiger partial charge in [-0.15, -0.1) is 0 Å². The fourth-order valence-corrected chi connectivity index (χ4v) is 2.60. The molecule has 1 aliphatic rings. The molecule has 1 saturated heterocycles. The number of piperazine rings is 1. The summed E-state index contributed by atoms with van der Waals surface area (Å²) in [5, 5.41) is 2.71. The molecule has 8 heteroatoms. The number of anilines is 1. The van der Waals surface area contributed by atoms with E-state index in [4.69, 9.17) is 11.6 Å². The van der Waals surface area contributed by atoms with Gasteiger partial charge in [-0.05, 0) is 25.2 Å². The Labute approximate surface area is 138 Å². The number of benzene rings is 1. The average Bonchev–Trinajstić information content (AvgIpc) is 2.48. The molecule has 0 aromatic heterocycles. The molecule has 0 bridgehead atoms. The quantitative estimate of drug-likeness (QED) is 0.908. The van der Waals surface area contributed by atoms with Crippen LogP contribution in [0.15, 0.2) is 18.2 Å². The lowest BCUT2D eigenvalue weighted by atomic mass is 10.1. The molecule has 0 unspecified atom stereocenters. The van der Waals surface area contributed by atoms with E-state index in [0.29, 0.717) is 13.1 Å². The van der Waals surface area contributed by atoms with Crippen molar-refractivity contribution in [2.75, 3.05) is 45.1 Å². The van der Waals surface area contributed by atoms with Crippen LogP contribution < -0.4 is 5.32 Å². The smallest absolute Gasteiger partial charge is 0.384 e. The maximum Gasteiger partial charge on any atom is 0.418 e. The summed E-state index contributed by atoms with van der Waals surface area (Å²) < 4.78 is 38.9. The Bertz CT molecular complexity index is 557. The third kappa shape index (κ3) is 5.00. The van der Waals surface area contributed by atoms with E-state index in [1.807, 2.05) is 7.05 Å². The first-order valence-electron chi connectivity index (χ1n) is 7.34.